The first kappa shape index (κ1) is 24.3. The van der Waals surface area contributed by atoms with Crippen molar-refractivity contribution in [3.63, 3.8) is 0 Å². The summed E-state index contributed by atoms with van der Waals surface area (Å²) in [7, 11) is -3.58. The maximum absolute atomic E-state index is 13.4. The van der Waals surface area contributed by atoms with E-state index in [1.54, 1.807) is 23.1 Å². The second kappa shape index (κ2) is 10.2. The summed E-state index contributed by atoms with van der Waals surface area (Å²) in [4.78, 5) is 20.1. The zero-order valence-corrected chi connectivity index (χ0v) is 21.1. The van der Waals surface area contributed by atoms with Gasteiger partial charge in [-0.2, -0.15) is 4.31 Å². The van der Waals surface area contributed by atoms with E-state index in [1.807, 2.05) is 55.6 Å². The van der Waals surface area contributed by atoms with Crippen LogP contribution in [0, 0.1) is 19.8 Å². The van der Waals surface area contributed by atoms with Gasteiger partial charge in [0.05, 0.1) is 10.6 Å². The highest BCUT2D eigenvalue weighted by Gasteiger charge is 2.34. The molecule has 1 aromatic heterocycles. The van der Waals surface area contributed by atoms with E-state index in [9.17, 15) is 13.2 Å². The highest BCUT2D eigenvalue weighted by atomic mass is 32.2. The Morgan fingerprint density at radius 3 is 2.50 bits per heavy atom. The van der Waals surface area contributed by atoms with E-state index in [0.717, 1.165) is 22.4 Å². The molecule has 3 aromatic rings. The molecule has 0 atom stereocenters. The third-order valence-electron chi connectivity index (χ3n) is 6.29. The first-order valence-corrected chi connectivity index (χ1v) is 13.6. The smallest absolute Gasteiger partial charge is 0.243 e. The van der Waals surface area contributed by atoms with Crippen molar-refractivity contribution in [3.8, 4) is 11.3 Å². The van der Waals surface area contributed by atoms with Crippen LogP contribution in [0.1, 0.15) is 24.0 Å². The van der Waals surface area contributed by atoms with Gasteiger partial charge in [-0.3, -0.25) is 9.69 Å². The molecule has 1 fully saturated rings. The van der Waals surface area contributed by atoms with Crippen molar-refractivity contribution < 1.29 is 13.2 Å². The van der Waals surface area contributed by atoms with Gasteiger partial charge in [0.25, 0.3) is 0 Å². The predicted octanol–water partition coefficient (Wildman–Crippen LogP) is 5.05. The van der Waals surface area contributed by atoms with Crippen LogP contribution < -0.4 is 4.90 Å². The summed E-state index contributed by atoms with van der Waals surface area (Å²) in [5, 5.41) is 2.58. The quantitative estimate of drug-likeness (QED) is 0.430. The van der Waals surface area contributed by atoms with Crippen LogP contribution in [0.5, 0.6) is 0 Å². The zero-order chi connectivity index (χ0) is 24.3. The minimum Gasteiger partial charge on any atom is -0.284 e. The Bertz CT molecular complexity index is 1280. The Kier molecular flexibility index (Phi) is 7.30. The Morgan fingerprint density at radius 2 is 1.85 bits per heavy atom. The normalized spacial score (nSPS) is 15.2. The third-order valence-corrected chi connectivity index (χ3v) is 9.05. The maximum Gasteiger partial charge on any atom is 0.243 e. The van der Waals surface area contributed by atoms with Crippen LogP contribution in [0.15, 0.2) is 71.5 Å². The van der Waals surface area contributed by atoms with Crippen LogP contribution in [0.2, 0.25) is 0 Å². The molecule has 34 heavy (non-hydrogen) atoms. The van der Waals surface area contributed by atoms with Crippen LogP contribution in [0.4, 0.5) is 5.13 Å². The summed E-state index contributed by atoms with van der Waals surface area (Å²) in [6.45, 7) is 8.68. The summed E-state index contributed by atoms with van der Waals surface area (Å²) in [6.07, 6.45) is 2.65. The van der Waals surface area contributed by atoms with E-state index in [4.69, 9.17) is 4.98 Å². The Morgan fingerprint density at radius 1 is 1.15 bits per heavy atom. The molecule has 0 bridgehead atoms. The Hall–Kier alpha value is -2.81. The minimum atomic E-state index is -3.58. The SMILES string of the molecule is C=CCN(C(=O)C1CCN(S(=O)(=O)c2ccc(C)c(C)c2)CC1)c1nc(-c2ccccc2)cs1. The molecule has 0 spiro atoms. The number of nitrogens with zero attached hydrogens (tertiary/aromatic N) is 3. The maximum atomic E-state index is 13.4. The van der Waals surface area contributed by atoms with E-state index in [1.165, 1.54) is 15.6 Å². The topological polar surface area (TPSA) is 70.6 Å². The molecule has 6 nitrogen and oxygen atoms in total. The van der Waals surface area contributed by atoms with E-state index >= 15 is 0 Å². The molecule has 8 heteroatoms. The Balaban J connectivity index is 1.46. The van der Waals surface area contributed by atoms with Crippen LogP contribution >= 0.6 is 11.3 Å². The summed E-state index contributed by atoms with van der Waals surface area (Å²) in [6, 6.07) is 15.1. The van der Waals surface area contributed by atoms with Gasteiger partial charge in [-0.1, -0.05) is 42.5 Å². The average molecular weight is 496 g/mol. The van der Waals surface area contributed by atoms with Gasteiger partial charge >= 0.3 is 0 Å². The van der Waals surface area contributed by atoms with Crippen molar-refractivity contribution >= 4 is 32.4 Å². The molecule has 0 unspecified atom stereocenters. The number of aryl methyl sites for hydroxylation is 2. The molecule has 0 saturated carbocycles. The van der Waals surface area contributed by atoms with E-state index in [0.29, 0.717) is 42.5 Å². The number of rotatable bonds is 7. The number of carbonyl (C=O) groups is 1. The first-order valence-electron chi connectivity index (χ1n) is 11.3. The molecule has 0 aliphatic carbocycles. The van der Waals surface area contributed by atoms with Crippen molar-refractivity contribution in [2.24, 2.45) is 5.92 Å². The number of aromatic nitrogens is 1. The zero-order valence-electron chi connectivity index (χ0n) is 19.5. The number of carbonyl (C=O) groups excluding carboxylic acids is 1. The highest BCUT2D eigenvalue weighted by molar-refractivity contribution is 7.89. The lowest BCUT2D eigenvalue weighted by Crippen LogP contribution is -2.44. The third kappa shape index (κ3) is 4.99. The average Bonchev–Trinajstić information content (AvgIpc) is 3.34. The second-order valence-corrected chi connectivity index (χ2v) is 11.3. The van der Waals surface area contributed by atoms with Crippen molar-refractivity contribution in [1.82, 2.24) is 9.29 Å². The molecule has 1 aliphatic rings. The number of hydrogen-bond donors (Lipinski definition) is 0. The lowest BCUT2D eigenvalue weighted by molar-refractivity contribution is -0.123. The predicted molar refractivity (Wildman–Crippen MR) is 137 cm³/mol. The van der Waals surface area contributed by atoms with Crippen molar-refractivity contribution in [1.29, 1.82) is 0 Å². The lowest BCUT2D eigenvalue weighted by atomic mass is 9.96. The standard InChI is InChI=1S/C26H29N3O3S2/c1-4-14-29(26-27-24(18-33-26)21-8-6-5-7-9-21)25(30)22-12-15-28(16-13-22)34(31,32)23-11-10-19(2)20(3)17-23/h4-11,17-18,22H,1,12-16H2,2-3H3. The van der Waals surface area contributed by atoms with Gasteiger partial charge in [0.1, 0.15) is 0 Å². The first-order chi connectivity index (χ1) is 16.3. The van der Waals surface area contributed by atoms with Gasteiger partial charge in [0, 0.05) is 36.5 Å². The van der Waals surface area contributed by atoms with Crippen LogP contribution in [0.25, 0.3) is 11.3 Å². The fourth-order valence-electron chi connectivity index (χ4n) is 4.11. The molecule has 1 amide bonds. The molecule has 1 aliphatic heterocycles. The summed E-state index contributed by atoms with van der Waals surface area (Å²) in [5.41, 5.74) is 3.84. The number of thiazole rings is 1. The van der Waals surface area contributed by atoms with Gasteiger partial charge in [0.2, 0.25) is 15.9 Å². The number of amides is 1. The minimum absolute atomic E-state index is 0.0305. The lowest BCUT2D eigenvalue weighted by Gasteiger charge is -2.32. The van der Waals surface area contributed by atoms with Gasteiger partial charge in [-0.25, -0.2) is 13.4 Å². The highest BCUT2D eigenvalue weighted by Crippen LogP contribution is 2.31. The molecule has 2 aromatic carbocycles. The van der Waals surface area contributed by atoms with Crippen LogP contribution in [-0.2, 0) is 14.8 Å². The summed E-state index contributed by atoms with van der Waals surface area (Å²) < 4.78 is 27.8. The summed E-state index contributed by atoms with van der Waals surface area (Å²) >= 11 is 1.43. The van der Waals surface area contributed by atoms with E-state index in [-0.39, 0.29) is 11.8 Å². The molecule has 178 valence electrons. The van der Waals surface area contributed by atoms with Gasteiger partial charge in [-0.15, -0.1) is 17.9 Å². The molecular weight excluding hydrogens is 466 g/mol. The van der Waals surface area contributed by atoms with Crippen molar-refractivity contribution in [3.05, 3.63) is 77.7 Å². The summed E-state index contributed by atoms with van der Waals surface area (Å²) in [5.74, 6) is -0.285. The van der Waals surface area contributed by atoms with Crippen molar-refractivity contribution in [2.75, 3.05) is 24.5 Å². The Labute approximate surface area is 205 Å². The number of hydrogen-bond acceptors (Lipinski definition) is 5. The molecule has 1 saturated heterocycles. The monoisotopic (exact) mass is 495 g/mol. The number of sulfonamides is 1. The van der Waals surface area contributed by atoms with Gasteiger partial charge in [0.15, 0.2) is 5.13 Å². The van der Waals surface area contributed by atoms with Crippen LogP contribution in [0.3, 0.4) is 0 Å². The van der Waals surface area contributed by atoms with Crippen LogP contribution in [-0.4, -0.2) is 43.2 Å². The van der Waals surface area contributed by atoms with E-state index < -0.39 is 10.0 Å². The van der Waals surface area contributed by atoms with Gasteiger partial charge in [-0.05, 0) is 49.9 Å². The largest absolute Gasteiger partial charge is 0.284 e. The molecule has 0 radical (unpaired) electrons. The second-order valence-electron chi connectivity index (χ2n) is 8.54. The van der Waals surface area contributed by atoms with Gasteiger partial charge < -0.3 is 0 Å². The number of benzene rings is 2. The molecule has 4 rings (SSSR count). The number of anilines is 1. The van der Waals surface area contributed by atoms with Crippen molar-refractivity contribution in [2.45, 2.75) is 31.6 Å². The molecule has 2 heterocycles. The molecular formula is C26H29N3O3S2. The fraction of sp³-hybridized carbons (Fsp3) is 0.308. The number of piperidine rings is 1. The fourth-order valence-corrected chi connectivity index (χ4v) is 6.51. The van der Waals surface area contributed by atoms with E-state index in [2.05, 4.69) is 6.58 Å². The molecule has 0 N–H and O–H groups in total.